The minimum atomic E-state index is 0.531. The van der Waals surface area contributed by atoms with Gasteiger partial charge in [0.15, 0.2) is 0 Å². The molecule has 0 bridgehead atoms. The molecular formula is C14H28N2. The topological polar surface area (TPSA) is 29.3 Å². The van der Waals surface area contributed by atoms with Crippen LogP contribution in [0.3, 0.4) is 0 Å². The van der Waals surface area contributed by atoms with Crippen LogP contribution in [0.1, 0.15) is 39.5 Å². The van der Waals surface area contributed by atoms with E-state index in [1.165, 1.54) is 25.8 Å². The van der Waals surface area contributed by atoms with E-state index < -0.39 is 0 Å². The van der Waals surface area contributed by atoms with E-state index in [-0.39, 0.29) is 0 Å². The average molecular weight is 224 g/mol. The zero-order valence-corrected chi connectivity index (χ0v) is 11.2. The van der Waals surface area contributed by atoms with Crippen LogP contribution < -0.4 is 5.73 Å². The van der Waals surface area contributed by atoms with E-state index in [9.17, 15) is 0 Å². The van der Waals surface area contributed by atoms with Gasteiger partial charge in [-0.25, -0.2) is 0 Å². The van der Waals surface area contributed by atoms with Crippen molar-refractivity contribution in [2.75, 3.05) is 20.1 Å². The fourth-order valence-corrected chi connectivity index (χ4v) is 1.51. The number of unbranched alkanes of at least 4 members (excludes halogenated alkanes) is 2. The summed E-state index contributed by atoms with van der Waals surface area (Å²) in [6, 6.07) is 0.531. The predicted molar refractivity (Wildman–Crippen MR) is 73.6 cm³/mol. The Bertz CT molecular complexity index is 197. The summed E-state index contributed by atoms with van der Waals surface area (Å²) < 4.78 is 0. The summed E-state index contributed by atoms with van der Waals surface area (Å²) in [5, 5.41) is 0. The molecule has 1 unspecified atom stereocenters. The second kappa shape index (κ2) is 10.9. The molecule has 0 spiro atoms. The van der Waals surface area contributed by atoms with Gasteiger partial charge in [0, 0.05) is 12.6 Å². The van der Waals surface area contributed by atoms with Crippen molar-refractivity contribution >= 4 is 0 Å². The summed E-state index contributed by atoms with van der Waals surface area (Å²) in [5.74, 6) is 0. The molecule has 0 fully saturated rings. The molecule has 0 aliphatic rings. The number of nitrogens with two attached hydrogens (primary N) is 1. The summed E-state index contributed by atoms with van der Waals surface area (Å²) >= 11 is 0. The third kappa shape index (κ3) is 8.69. The van der Waals surface area contributed by atoms with Crippen LogP contribution in [0.5, 0.6) is 0 Å². The zero-order valence-electron chi connectivity index (χ0n) is 11.2. The molecule has 0 heterocycles. The standard InChI is InChI=1S/C14H28N2/c1-4-5-10-13-16(3)14(2)11-8-6-7-9-12-15/h7-9,11,14H,4-6,10,12-13,15H2,1-3H3/b9-7-,11-8-. The van der Waals surface area contributed by atoms with Gasteiger partial charge in [0.1, 0.15) is 0 Å². The molecule has 0 saturated heterocycles. The summed E-state index contributed by atoms with van der Waals surface area (Å²) in [5.41, 5.74) is 5.37. The van der Waals surface area contributed by atoms with E-state index in [1.54, 1.807) is 0 Å². The lowest BCUT2D eigenvalue weighted by Gasteiger charge is -2.21. The maximum absolute atomic E-state index is 5.37. The second-order valence-electron chi connectivity index (χ2n) is 4.30. The Labute approximate surface area is 101 Å². The smallest absolute Gasteiger partial charge is 0.0246 e. The largest absolute Gasteiger partial charge is 0.327 e. The van der Waals surface area contributed by atoms with Gasteiger partial charge in [-0.05, 0) is 33.4 Å². The van der Waals surface area contributed by atoms with Gasteiger partial charge in [0.05, 0.1) is 0 Å². The molecule has 0 aliphatic heterocycles. The van der Waals surface area contributed by atoms with Crippen LogP contribution in [0, 0.1) is 0 Å². The molecule has 0 aliphatic carbocycles. The first kappa shape index (κ1) is 15.4. The van der Waals surface area contributed by atoms with Crippen LogP contribution in [0.4, 0.5) is 0 Å². The Morgan fingerprint density at radius 3 is 2.56 bits per heavy atom. The number of nitrogens with zero attached hydrogens (tertiary/aromatic N) is 1. The molecular weight excluding hydrogens is 196 g/mol. The Balaban J connectivity index is 3.68. The third-order valence-electron chi connectivity index (χ3n) is 2.80. The van der Waals surface area contributed by atoms with Crippen LogP contribution in [0.15, 0.2) is 24.3 Å². The van der Waals surface area contributed by atoms with Gasteiger partial charge < -0.3 is 10.6 Å². The summed E-state index contributed by atoms with van der Waals surface area (Å²) in [6.45, 7) is 6.32. The molecule has 2 nitrogen and oxygen atoms in total. The van der Waals surface area contributed by atoms with Crippen molar-refractivity contribution in [2.45, 2.75) is 45.6 Å². The minimum absolute atomic E-state index is 0.531. The van der Waals surface area contributed by atoms with E-state index in [2.05, 4.69) is 44.0 Å². The molecule has 0 saturated carbocycles. The molecule has 0 aromatic carbocycles. The first-order chi connectivity index (χ1) is 7.72. The molecule has 0 aromatic rings. The zero-order chi connectivity index (χ0) is 12.2. The molecule has 0 radical (unpaired) electrons. The summed E-state index contributed by atoms with van der Waals surface area (Å²) in [6.07, 6.45) is 13.5. The molecule has 94 valence electrons. The van der Waals surface area contributed by atoms with Gasteiger partial charge in [-0.2, -0.15) is 0 Å². The van der Waals surface area contributed by atoms with Gasteiger partial charge >= 0.3 is 0 Å². The first-order valence-electron chi connectivity index (χ1n) is 6.44. The molecule has 2 heteroatoms. The van der Waals surface area contributed by atoms with Crippen LogP contribution in [0.25, 0.3) is 0 Å². The van der Waals surface area contributed by atoms with E-state index in [1.807, 2.05) is 6.08 Å². The van der Waals surface area contributed by atoms with E-state index in [0.717, 1.165) is 6.42 Å². The third-order valence-corrected chi connectivity index (χ3v) is 2.80. The lowest BCUT2D eigenvalue weighted by atomic mass is 10.2. The molecule has 16 heavy (non-hydrogen) atoms. The van der Waals surface area contributed by atoms with Crippen molar-refractivity contribution in [3.8, 4) is 0 Å². The monoisotopic (exact) mass is 224 g/mol. The Kier molecular flexibility index (Phi) is 10.5. The molecule has 0 aromatic heterocycles. The number of hydrogen-bond donors (Lipinski definition) is 1. The van der Waals surface area contributed by atoms with Crippen molar-refractivity contribution in [1.29, 1.82) is 0 Å². The normalized spacial score (nSPS) is 14.3. The van der Waals surface area contributed by atoms with Crippen LogP contribution in [-0.4, -0.2) is 31.1 Å². The van der Waals surface area contributed by atoms with Gasteiger partial charge in [0.2, 0.25) is 0 Å². The van der Waals surface area contributed by atoms with Gasteiger partial charge in [-0.1, -0.05) is 44.1 Å². The van der Waals surface area contributed by atoms with Gasteiger partial charge in [-0.3, -0.25) is 0 Å². The van der Waals surface area contributed by atoms with Crippen molar-refractivity contribution in [1.82, 2.24) is 4.90 Å². The molecule has 0 amide bonds. The predicted octanol–water partition coefficient (Wildman–Crippen LogP) is 2.96. The van der Waals surface area contributed by atoms with Crippen molar-refractivity contribution in [3.05, 3.63) is 24.3 Å². The Morgan fingerprint density at radius 2 is 1.94 bits per heavy atom. The van der Waals surface area contributed by atoms with Crippen molar-refractivity contribution in [2.24, 2.45) is 5.73 Å². The highest BCUT2D eigenvalue weighted by molar-refractivity contribution is 4.97. The van der Waals surface area contributed by atoms with Crippen LogP contribution in [0.2, 0.25) is 0 Å². The average Bonchev–Trinajstić information content (AvgIpc) is 2.28. The van der Waals surface area contributed by atoms with Crippen molar-refractivity contribution in [3.63, 3.8) is 0 Å². The van der Waals surface area contributed by atoms with Crippen LogP contribution >= 0.6 is 0 Å². The number of likely N-dealkylation sites (N-methyl/N-ethyl adjacent to an activating group) is 1. The number of allylic oxidation sites excluding steroid dienone is 2. The highest BCUT2D eigenvalue weighted by Crippen LogP contribution is 2.02. The van der Waals surface area contributed by atoms with E-state index in [0.29, 0.717) is 12.6 Å². The van der Waals surface area contributed by atoms with Crippen LogP contribution in [-0.2, 0) is 0 Å². The fraction of sp³-hybridized carbons (Fsp3) is 0.714. The highest BCUT2D eigenvalue weighted by atomic mass is 15.1. The summed E-state index contributed by atoms with van der Waals surface area (Å²) in [7, 11) is 2.19. The van der Waals surface area contributed by atoms with E-state index in [4.69, 9.17) is 5.73 Å². The highest BCUT2D eigenvalue weighted by Gasteiger charge is 2.03. The lowest BCUT2D eigenvalue weighted by Crippen LogP contribution is -2.28. The Morgan fingerprint density at radius 1 is 1.19 bits per heavy atom. The lowest BCUT2D eigenvalue weighted by molar-refractivity contribution is 0.290. The number of rotatable bonds is 9. The quantitative estimate of drug-likeness (QED) is 0.482. The number of hydrogen-bond acceptors (Lipinski definition) is 2. The second-order valence-corrected chi connectivity index (χ2v) is 4.30. The molecule has 0 rings (SSSR count). The molecule has 1 atom stereocenters. The SMILES string of the molecule is CCCCCN(C)C(C)/C=C\C/C=C\CN. The summed E-state index contributed by atoms with van der Waals surface area (Å²) in [4.78, 5) is 2.40. The van der Waals surface area contributed by atoms with Gasteiger partial charge in [0.25, 0.3) is 0 Å². The fourth-order valence-electron chi connectivity index (χ4n) is 1.51. The maximum atomic E-state index is 5.37. The minimum Gasteiger partial charge on any atom is -0.327 e. The van der Waals surface area contributed by atoms with E-state index >= 15 is 0 Å². The first-order valence-corrected chi connectivity index (χ1v) is 6.44. The van der Waals surface area contributed by atoms with Gasteiger partial charge in [-0.15, -0.1) is 0 Å². The van der Waals surface area contributed by atoms with Crippen molar-refractivity contribution < 1.29 is 0 Å². The Hall–Kier alpha value is -0.600. The maximum Gasteiger partial charge on any atom is 0.0246 e. The molecule has 2 N–H and O–H groups in total.